The van der Waals surface area contributed by atoms with E-state index in [1.54, 1.807) is 11.3 Å². The van der Waals surface area contributed by atoms with Crippen molar-refractivity contribution < 1.29 is 8.42 Å². The van der Waals surface area contributed by atoms with Gasteiger partial charge in [0.05, 0.1) is 23.0 Å². The van der Waals surface area contributed by atoms with E-state index in [0.717, 1.165) is 49.1 Å². The summed E-state index contributed by atoms with van der Waals surface area (Å²) in [7, 11) is -2.89. The number of thiazole rings is 1. The van der Waals surface area contributed by atoms with Crippen molar-refractivity contribution in [2.24, 2.45) is 4.99 Å². The van der Waals surface area contributed by atoms with Crippen LogP contribution in [0.5, 0.6) is 0 Å². The van der Waals surface area contributed by atoms with Crippen LogP contribution in [0.15, 0.2) is 10.4 Å². The summed E-state index contributed by atoms with van der Waals surface area (Å²) in [5.41, 5.74) is 1.01. The van der Waals surface area contributed by atoms with E-state index in [-0.39, 0.29) is 29.7 Å². The monoisotopic (exact) mass is 543 g/mol. The summed E-state index contributed by atoms with van der Waals surface area (Å²) < 4.78 is 22.6. The first-order valence-electron chi connectivity index (χ1n) is 9.66. The van der Waals surface area contributed by atoms with E-state index in [1.807, 2.05) is 0 Å². The predicted molar refractivity (Wildman–Crippen MR) is 129 cm³/mol. The van der Waals surface area contributed by atoms with Crippen molar-refractivity contribution in [2.75, 3.05) is 38.2 Å². The maximum absolute atomic E-state index is 11.3. The molecule has 0 amide bonds. The van der Waals surface area contributed by atoms with E-state index in [4.69, 9.17) is 0 Å². The molecule has 0 saturated carbocycles. The predicted octanol–water partition coefficient (Wildman–Crippen LogP) is 2.45. The quantitative estimate of drug-likeness (QED) is 0.298. The zero-order chi connectivity index (χ0) is 19.9. The summed E-state index contributed by atoms with van der Waals surface area (Å²) in [5.74, 6) is 1.51. The second-order valence-electron chi connectivity index (χ2n) is 7.42. The SMILES string of the molecule is CCNC(=NCc1csc(C(C)C)n1)NC1CCN(CCS(C)(=O)=O)CC1.I. The molecule has 10 heteroatoms. The Bertz CT molecular complexity index is 713. The summed E-state index contributed by atoms with van der Waals surface area (Å²) in [5, 5.41) is 10.1. The smallest absolute Gasteiger partial charge is 0.191 e. The summed E-state index contributed by atoms with van der Waals surface area (Å²) in [6.07, 6.45) is 3.28. The molecule has 0 aromatic carbocycles. The molecule has 2 N–H and O–H groups in total. The number of halogens is 1. The molecule has 2 heterocycles. The van der Waals surface area contributed by atoms with Crippen molar-refractivity contribution in [1.29, 1.82) is 0 Å². The van der Waals surface area contributed by atoms with Gasteiger partial charge in [-0.05, 0) is 19.8 Å². The Kier molecular flexibility index (Phi) is 11.2. The Labute approximate surface area is 190 Å². The number of piperidine rings is 1. The molecular weight excluding hydrogens is 509 g/mol. The number of nitrogens with one attached hydrogen (secondary N) is 2. The molecule has 0 radical (unpaired) electrons. The molecule has 7 nitrogen and oxygen atoms in total. The lowest BCUT2D eigenvalue weighted by atomic mass is 10.1. The Morgan fingerprint density at radius 3 is 2.61 bits per heavy atom. The average molecular weight is 544 g/mol. The second-order valence-corrected chi connectivity index (χ2v) is 10.6. The number of hydrogen-bond acceptors (Lipinski definition) is 6. The first-order chi connectivity index (χ1) is 12.8. The maximum atomic E-state index is 11.3. The fourth-order valence-corrected chi connectivity index (χ4v) is 4.35. The number of nitrogens with zero attached hydrogens (tertiary/aromatic N) is 3. The lowest BCUT2D eigenvalue weighted by molar-refractivity contribution is 0.216. The van der Waals surface area contributed by atoms with Crippen molar-refractivity contribution in [1.82, 2.24) is 20.5 Å². The van der Waals surface area contributed by atoms with Crippen molar-refractivity contribution in [3.8, 4) is 0 Å². The van der Waals surface area contributed by atoms with Gasteiger partial charge in [0.1, 0.15) is 9.84 Å². The number of aliphatic imine (C=N–C) groups is 1. The van der Waals surface area contributed by atoms with E-state index in [0.29, 0.717) is 25.0 Å². The van der Waals surface area contributed by atoms with Crippen LogP contribution in [0.3, 0.4) is 0 Å². The molecule has 0 bridgehead atoms. The van der Waals surface area contributed by atoms with E-state index in [9.17, 15) is 8.42 Å². The van der Waals surface area contributed by atoms with Crippen LogP contribution in [0.1, 0.15) is 50.2 Å². The fraction of sp³-hybridized carbons (Fsp3) is 0.778. The van der Waals surface area contributed by atoms with Crippen LogP contribution >= 0.6 is 35.3 Å². The zero-order valence-corrected chi connectivity index (χ0v) is 21.2. The summed E-state index contributed by atoms with van der Waals surface area (Å²) in [6, 6.07) is 0.360. The van der Waals surface area contributed by atoms with Crippen molar-refractivity contribution in [2.45, 2.75) is 52.1 Å². The molecule has 1 aromatic heterocycles. The largest absolute Gasteiger partial charge is 0.357 e. The Balaban J connectivity index is 0.00000392. The van der Waals surface area contributed by atoms with Crippen LogP contribution in [-0.4, -0.2) is 68.5 Å². The van der Waals surface area contributed by atoms with Crippen LogP contribution in [0.2, 0.25) is 0 Å². The van der Waals surface area contributed by atoms with Crippen LogP contribution < -0.4 is 10.6 Å². The minimum atomic E-state index is -2.89. The van der Waals surface area contributed by atoms with Crippen LogP contribution in [-0.2, 0) is 16.4 Å². The molecule has 0 atom stereocenters. The summed E-state index contributed by atoms with van der Waals surface area (Å²) in [6.45, 7) is 10.2. The van der Waals surface area contributed by atoms with Gasteiger partial charge < -0.3 is 15.5 Å². The first-order valence-corrected chi connectivity index (χ1v) is 12.6. The van der Waals surface area contributed by atoms with Crippen molar-refractivity contribution in [3.63, 3.8) is 0 Å². The number of guanidine groups is 1. The topological polar surface area (TPSA) is 86.7 Å². The highest BCUT2D eigenvalue weighted by Gasteiger charge is 2.20. The number of sulfone groups is 1. The molecule has 1 fully saturated rings. The minimum Gasteiger partial charge on any atom is -0.357 e. The molecule has 1 aliphatic rings. The van der Waals surface area contributed by atoms with E-state index in [2.05, 4.69) is 51.7 Å². The van der Waals surface area contributed by atoms with Crippen molar-refractivity contribution >= 4 is 51.1 Å². The van der Waals surface area contributed by atoms with E-state index in [1.165, 1.54) is 6.26 Å². The second kappa shape index (κ2) is 12.3. The van der Waals surface area contributed by atoms with Gasteiger partial charge in [-0.3, -0.25) is 0 Å². The normalized spacial score (nSPS) is 16.8. The molecule has 162 valence electrons. The van der Waals surface area contributed by atoms with Gasteiger partial charge in [0.2, 0.25) is 0 Å². The lowest BCUT2D eigenvalue weighted by Gasteiger charge is -2.32. The van der Waals surface area contributed by atoms with Gasteiger partial charge in [0.25, 0.3) is 0 Å². The molecule has 28 heavy (non-hydrogen) atoms. The Morgan fingerprint density at radius 1 is 1.39 bits per heavy atom. The van der Waals surface area contributed by atoms with Gasteiger partial charge >= 0.3 is 0 Å². The van der Waals surface area contributed by atoms with Gasteiger partial charge in [-0.2, -0.15) is 0 Å². The average Bonchev–Trinajstić information content (AvgIpc) is 3.08. The fourth-order valence-electron chi connectivity index (χ4n) is 2.93. The van der Waals surface area contributed by atoms with Gasteiger partial charge in [0, 0.05) is 49.8 Å². The third kappa shape index (κ3) is 9.36. The van der Waals surface area contributed by atoms with Crippen LogP contribution in [0.4, 0.5) is 0 Å². The third-order valence-electron chi connectivity index (χ3n) is 4.51. The molecular formula is C18H34IN5O2S2. The van der Waals surface area contributed by atoms with Gasteiger partial charge in [0.15, 0.2) is 5.96 Å². The number of aromatic nitrogens is 1. The highest BCUT2D eigenvalue weighted by atomic mass is 127. The highest BCUT2D eigenvalue weighted by molar-refractivity contribution is 14.0. The van der Waals surface area contributed by atoms with Gasteiger partial charge in [-0.15, -0.1) is 35.3 Å². The Morgan fingerprint density at radius 2 is 2.07 bits per heavy atom. The highest BCUT2D eigenvalue weighted by Crippen LogP contribution is 2.19. The molecule has 0 unspecified atom stereocenters. The number of likely N-dealkylation sites (tertiary alicyclic amines) is 1. The molecule has 1 saturated heterocycles. The van der Waals surface area contributed by atoms with E-state index >= 15 is 0 Å². The molecule has 1 aliphatic heterocycles. The van der Waals surface area contributed by atoms with E-state index < -0.39 is 9.84 Å². The molecule has 1 aromatic rings. The van der Waals surface area contributed by atoms with Crippen LogP contribution in [0.25, 0.3) is 0 Å². The van der Waals surface area contributed by atoms with Crippen molar-refractivity contribution in [3.05, 3.63) is 16.1 Å². The zero-order valence-electron chi connectivity index (χ0n) is 17.3. The maximum Gasteiger partial charge on any atom is 0.191 e. The summed E-state index contributed by atoms with van der Waals surface area (Å²) in [4.78, 5) is 11.6. The third-order valence-corrected chi connectivity index (χ3v) is 6.63. The number of hydrogen-bond donors (Lipinski definition) is 2. The standard InChI is InChI=1S/C18H33N5O2S2.HI/c1-5-19-18(20-12-16-13-26-17(21-16)14(2)3)22-15-6-8-23(9-7-15)10-11-27(4,24)25;/h13-15H,5-12H2,1-4H3,(H2,19,20,22);1H. The van der Waals surface area contributed by atoms with Crippen LogP contribution in [0, 0.1) is 0 Å². The molecule has 2 rings (SSSR count). The Hall–Kier alpha value is -0.460. The lowest BCUT2D eigenvalue weighted by Crippen LogP contribution is -2.49. The summed E-state index contributed by atoms with van der Waals surface area (Å²) >= 11 is 1.70. The molecule has 0 spiro atoms. The van der Waals surface area contributed by atoms with Gasteiger partial charge in [-0.25, -0.2) is 18.4 Å². The number of rotatable bonds is 8. The first kappa shape index (κ1) is 25.6. The minimum absolute atomic E-state index is 0. The molecule has 0 aliphatic carbocycles. The van der Waals surface area contributed by atoms with Gasteiger partial charge in [-0.1, -0.05) is 13.8 Å².